The molecule has 4 N–H and O–H groups in total. The normalized spacial score (nSPS) is 14.9. The van der Waals surface area contributed by atoms with Gasteiger partial charge in [-0.3, -0.25) is 0 Å². The number of H-pyrrole nitrogens is 1. The maximum atomic E-state index is 5.88. The highest BCUT2D eigenvalue weighted by atomic mass is 15.4. The van der Waals surface area contributed by atoms with Crippen molar-refractivity contribution in [3.63, 3.8) is 0 Å². The SMILES string of the molecule is Nc1nc(NC2CC2)nn1-c1ncnc2nc[nH]c12. The number of nitrogens with two attached hydrogens (primary N) is 1. The van der Waals surface area contributed by atoms with E-state index >= 15 is 0 Å². The zero-order valence-corrected chi connectivity index (χ0v) is 9.91. The lowest BCUT2D eigenvalue weighted by Crippen LogP contribution is -2.06. The van der Waals surface area contributed by atoms with Crippen molar-refractivity contribution in [1.29, 1.82) is 0 Å². The highest BCUT2D eigenvalue weighted by Gasteiger charge is 2.23. The number of anilines is 2. The smallest absolute Gasteiger partial charge is 0.244 e. The number of nitrogens with one attached hydrogen (secondary N) is 2. The Bertz CT molecular complexity index is 738. The molecule has 0 spiro atoms. The summed E-state index contributed by atoms with van der Waals surface area (Å²) in [4.78, 5) is 19.5. The third-order valence-electron chi connectivity index (χ3n) is 2.95. The third-order valence-corrected chi connectivity index (χ3v) is 2.95. The molecule has 1 aliphatic carbocycles. The van der Waals surface area contributed by atoms with Crippen LogP contribution in [-0.2, 0) is 0 Å². The molecule has 9 nitrogen and oxygen atoms in total. The fourth-order valence-electron chi connectivity index (χ4n) is 1.86. The molecule has 4 rings (SSSR count). The van der Waals surface area contributed by atoms with Gasteiger partial charge in [0.25, 0.3) is 0 Å². The van der Waals surface area contributed by atoms with Crippen molar-refractivity contribution < 1.29 is 0 Å². The van der Waals surface area contributed by atoms with Crippen molar-refractivity contribution in [3.05, 3.63) is 12.7 Å². The lowest BCUT2D eigenvalue weighted by molar-refractivity contribution is 0.856. The summed E-state index contributed by atoms with van der Waals surface area (Å²) >= 11 is 0. The van der Waals surface area contributed by atoms with Gasteiger partial charge in [0.05, 0.1) is 6.33 Å². The number of hydrogen-bond acceptors (Lipinski definition) is 7. The van der Waals surface area contributed by atoms with Crippen LogP contribution in [0.5, 0.6) is 0 Å². The summed E-state index contributed by atoms with van der Waals surface area (Å²) in [5, 5.41) is 7.52. The summed E-state index contributed by atoms with van der Waals surface area (Å²) in [5.74, 6) is 1.33. The summed E-state index contributed by atoms with van der Waals surface area (Å²) in [6, 6.07) is 0.466. The Hall–Kier alpha value is -2.71. The van der Waals surface area contributed by atoms with Crippen LogP contribution in [0.25, 0.3) is 17.0 Å². The molecule has 96 valence electrons. The first-order chi connectivity index (χ1) is 9.31. The summed E-state index contributed by atoms with van der Waals surface area (Å²) in [6.07, 6.45) is 5.27. The van der Waals surface area contributed by atoms with Crippen molar-refractivity contribution in [3.8, 4) is 5.82 Å². The van der Waals surface area contributed by atoms with E-state index in [0.29, 0.717) is 29.0 Å². The molecule has 9 heteroatoms. The van der Waals surface area contributed by atoms with E-state index < -0.39 is 0 Å². The van der Waals surface area contributed by atoms with Crippen LogP contribution in [0.1, 0.15) is 12.8 Å². The van der Waals surface area contributed by atoms with E-state index in [1.54, 1.807) is 6.33 Å². The van der Waals surface area contributed by atoms with Gasteiger partial charge in [-0.15, -0.1) is 5.10 Å². The van der Waals surface area contributed by atoms with Crippen LogP contribution in [0.2, 0.25) is 0 Å². The molecule has 1 saturated carbocycles. The number of nitrogen functional groups attached to an aromatic ring is 1. The van der Waals surface area contributed by atoms with E-state index in [2.05, 4.69) is 35.3 Å². The van der Waals surface area contributed by atoms with Crippen LogP contribution in [0.4, 0.5) is 11.9 Å². The predicted molar refractivity (Wildman–Crippen MR) is 67.7 cm³/mol. The fraction of sp³-hybridized carbons (Fsp3) is 0.300. The number of nitrogens with zero attached hydrogens (tertiary/aromatic N) is 6. The van der Waals surface area contributed by atoms with Crippen molar-refractivity contribution in [1.82, 2.24) is 34.7 Å². The minimum Gasteiger partial charge on any atom is -0.368 e. The molecule has 0 saturated heterocycles. The molecule has 3 aromatic rings. The van der Waals surface area contributed by atoms with E-state index in [0.717, 1.165) is 12.8 Å². The van der Waals surface area contributed by atoms with Crippen molar-refractivity contribution in [2.24, 2.45) is 0 Å². The number of hydrogen-bond donors (Lipinski definition) is 3. The highest BCUT2D eigenvalue weighted by Crippen LogP contribution is 2.24. The summed E-state index contributed by atoms with van der Waals surface area (Å²) in [6.45, 7) is 0. The molecule has 0 aromatic carbocycles. The van der Waals surface area contributed by atoms with Crippen LogP contribution in [0.15, 0.2) is 12.7 Å². The molecule has 19 heavy (non-hydrogen) atoms. The topological polar surface area (TPSA) is 123 Å². The molecule has 0 aliphatic heterocycles. The van der Waals surface area contributed by atoms with Crippen molar-refractivity contribution in [2.75, 3.05) is 11.1 Å². The molecule has 1 fully saturated rings. The van der Waals surface area contributed by atoms with Gasteiger partial charge in [-0.2, -0.15) is 9.67 Å². The zero-order valence-electron chi connectivity index (χ0n) is 9.91. The number of aromatic nitrogens is 7. The average Bonchev–Trinajstić information content (AvgIpc) is 2.95. The Morgan fingerprint density at radius 1 is 1.32 bits per heavy atom. The molecule has 0 amide bonds. The van der Waals surface area contributed by atoms with Gasteiger partial charge in [0, 0.05) is 6.04 Å². The van der Waals surface area contributed by atoms with E-state index in [1.165, 1.54) is 11.0 Å². The Balaban J connectivity index is 1.82. The quantitative estimate of drug-likeness (QED) is 0.607. The van der Waals surface area contributed by atoms with Gasteiger partial charge in [0.2, 0.25) is 11.9 Å². The second-order valence-corrected chi connectivity index (χ2v) is 4.42. The fourth-order valence-corrected chi connectivity index (χ4v) is 1.86. The van der Waals surface area contributed by atoms with E-state index in [-0.39, 0.29) is 5.95 Å². The molecule has 0 unspecified atom stereocenters. The standard InChI is InChI=1S/C10H11N9/c11-9-17-10(16-5-1-2-5)18-19(9)8-6-7(13-3-12-6)14-4-15-8/h3-5H,1-2H2,(H3,11,16,17,18)(H,12,13,14,15). The first-order valence-electron chi connectivity index (χ1n) is 5.95. The molecule has 0 bridgehead atoms. The van der Waals surface area contributed by atoms with Crippen LogP contribution in [-0.4, -0.2) is 40.7 Å². The van der Waals surface area contributed by atoms with Crippen LogP contribution in [0, 0.1) is 0 Å². The lowest BCUT2D eigenvalue weighted by atomic mass is 10.5. The molecule has 3 heterocycles. The molecular formula is C10H11N9. The Morgan fingerprint density at radius 3 is 3.05 bits per heavy atom. The molecule has 0 atom stereocenters. The molecular weight excluding hydrogens is 246 g/mol. The monoisotopic (exact) mass is 257 g/mol. The largest absolute Gasteiger partial charge is 0.368 e. The molecule has 3 aromatic heterocycles. The zero-order chi connectivity index (χ0) is 12.8. The minimum atomic E-state index is 0.276. The maximum Gasteiger partial charge on any atom is 0.244 e. The van der Waals surface area contributed by atoms with Gasteiger partial charge in [-0.05, 0) is 12.8 Å². The van der Waals surface area contributed by atoms with Gasteiger partial charge >= 0.3 is 0 Å². The Labute approximate surface area is 107 Å². The van der Waals surface area contributed by atoms with Crippen molar-refractivity contribution in [2.45, 2.75) is 18.9 Å². The first kappa shape index (κ1) is 10.2. The predicted octanol–water partition coefficient (Wildman–Crippen LogP) is 0.0901. The average molecular weight is 257 g/mol. The van der Waals surface area contributed by atoms with Gasteiger partial charge in [-0.1, -0.05) is 0 Å². The van der Waals surface area contributed by atoms with Gasteiger partial charge in [-0.25, -0.2) is 15.0 Å². The third kappa shape index (κ3) is 1.66. The van der Waals surface area contributed by atoms with Crippen LogP contribution >= 0.6 is 0 Å². The van der Waals surface area contributed by atoms with Gasteiger partial charge in [0.15, 0.2) is 11.5 Å². The molecule has 0 radical (unpaired) electrons. The summed E-state index contributed by atoms with van der Waals surface area (Å²) < 4.78 is 1.48. The minimum absolute atomic E-state index is 0.276. The van der Waals surface area contributed by atoms with Crippen molar-refractivity contribution >= 4 is 23.1 Å². The number of imidazole rings is 1. The molecule has 1 aliphatic rings. The van der Waals surface area contributed by atoms with Crippen LogP contribution in [0.3, 0.4) is 0 Å². The number of rotatable bonds is 3. The Kier molecular flexibility index (Phi) is 1.96. The first-order valence-corrected chi connectivity index (χ1v) is 5.95. The number of aromatic amines is 1. The number of fused-ring (bicyclic) bond motifs is 1. The lowest BCUT2D eigenvalue weighted by Gasteiger charge is -2.01. The van der Waals surface area contributed by atoms with Gasteiger partial charge < -0.3 is 16.0 Å². The second-order valence-electron chi connectivity index (χ2n) is 4.42. The second kappa shape index (κ2) is 3.64. The highest BCUT2D eigenvalue weighted by molar-refractivity contribution is 5.77. The van der Waals surface area contributed by atoms with E-state index in [9.17, 15) is 0 Å². The summed E-state index contributed by atoms with van der Waals surface area (Å²) in [7, 11) is 0. The van der Waals surface area contributed by atoms with Gasteiger partial charge in [0.1, 0.15) is 11.8 Å². The summed E-state index contributed by atoms with van der Waals surface area (Å²) in [5.41, 5.74) is 7.13. The van der Waals surface area contributed by atoms with E-state index in [4.69, 9.17) is 5.73 Å². The van der Waals surface area contributed by atoms with Crippen LogP contribution < -0.4 is 11.1 Å². The Morgan fingerprint density at radius 2 is 2.21 bits per heavy atom. The maximum absolute atomic E-state index is 5.88. The van der Waals surface area contributed by atoms with E-state index in [1.807, 2.05) is 0 Å².